The average molecular weight is 473 g/mol. The van der Waals surface area contributed by atoms with Crippen molar-refractivity contribution in [3.8, 4) is 0 Å². The minimum atomic E-state index is -2.06. The molecule has 0 bridgehead atoms. The van der Waals surface area contributed by atoms with Gasteiger partial charge in [0.25, 0.3) is 5.91 Å². The van der Waals surface area contributed by atoms with E-state index in [1.807, 2.05) is 6.07 Å². The highest BCUT2D eigenvalue weighted by molar-refractivity contribution is 5.92. The lowest BCUT2D eigenvalue weighted by atomic mass is 10.0. The Balaban J connectivity index is 1.58. The van der Waals surface area contributed by atoms with Crippen LogP contribution < -0.4 is 16.0 Å². The molecule has 182 valence electrons. The van der Waals surface area contributed by atoms with Crippen LogP contribution in [0.15, 0.2) is 47.9 Å². The Hall–Kier alpha value is -4.09. The van der Waals surface area contributed by atoms with Gasteiger partial charge in [-0.05, 0) is 18.4 Å². The first-order valence-electron chi connectivity index (χ1n) is 10.9. The molecule has 1 aliphatic rings. The average Bonchev–Trinajstić information content (AvgIpc) is 3.55. The van der Waals surface area contributed by atoms with Gasteiger partial charge in [-0.3, -0.25) is 10.1 Å². The molecule has 1 aromatic heterocycles. The van der Waals surface area contributed by atoms with E-state index in [2.05, 4.69) is 31.1 Å². The second kappa shape index (κ2) is 12.2. The molecule has 2 atom stereocenters. The monoisotopic (exact) mass is 472 g/mol. The number of nitrogens with zero attached hydrogens (tertiary/aromatic N) is 2. The summed E-state index contributed by atoms with van der Waals surface area (Å²) in [6, 6.07) is 8.96. The lowest BCUT2D eigenvalue weighted by molar-refractivity contribution is -0.151. The predicted octanol–water partition coefficient (Wildman–Crippen LogP) is 1.98. The molecule has 1 aliphatic heterocycles. The van der Waals surface area contributed by atoms with Crippen LogP contribution in [-0.2, 0) is 25.8 Å². The van der Waals surface area contributed by atoms with Crippen LogP contribution in [0.25, 0.3) is 0 Å². The van der Waals surface area contributed by atoms with Crippen LogP contribution in [0.3, 0.4) is 0 Å². The molecule has 2 unspecified atom stereocenters. The van der Waals surface area contributed by atoms with Gasteiger partial charge in [-0.25, -0.2) is 14.6 Å². The van der Waals surface area contributed by atoms with E-state index in [1.54, 1.807) is 36.7 Å². The number of aromatic nitrogens is 2. The van der Waals surface area contributed by atoms with Crippen molar-refractivity contribution in [2.75, 3.05) is 11.9 Å². The molecule has 0 spiro atoms. The number of oxime groups is 1. The first-order valence-corrected chi connectivity index (χ1v) is 10.9. The number of H-pyrrole nitrogens is 1. The molecule has 0 aliphatic carbocycles. The van der Waals surface area contributed by atoms with Gasteiger partial charge in [0, 0.05) is 38.0 Å². The van der Waals surface area contributed by atoms with E-state index in [4.69, 9.17) is 9.57 Å². The molecule has 0 saturated carbocycles. The van der Waals surface area contributed by atoms with E-state index < -0.39 is 29.7 Å². The van der Waals surface area contributed by atoms with E-state index >= 15 is 0 Å². The van der Waals surface area contributed by atoms with Crippen LogP contribution in [0.5, 0.6) is 0 Å². The van der Waals surface area contributed by atoms with Crippen molar-refractivity contribution in [1.82, 2.24) is 20.6 Å². The number of ether oxygens (including phenoxy) is 1. The predicted molar refractivity (Wildman–Crippen MR) is 122 cm³/mol. The third kappa shape index (κ3) is 7.22. The number of carbonyl (C=O) groups excluding carboxylic acids is 2. The number of aliphatic carboxylic acids is 1. The fraction of sp³-hybridized carbons (Fsp3) is 0.409. The van der Waals surface area contributed by atoms with Gasteiger partial charge in [0.15, 0.2) is 5.95 Å². The fourth-order valence-electron chi connectivity index (χ4n) is 3.31. The molecule has 34 heavy (non-hydrogen) atoms. The Morgan fingerprint density at radius 3 is 2.68 bits per heavy atom. The number of alkyl carbamates (subject to hydrolysis) is 1. The highest BCUT2D eigenvalue weighted by atomic mass is 16.6. The Bertz CT molecular complexity index is 960. The van der Waals surface area contributed by atoms with Crippen LogP contribution in [0.4, 0.5) is 10.7 Å². The molecule has 1 aromatic carbocycles. The molecular weight excluding hydrogens is 444 g/mol. The Kier molecular flexibility index (Phi) is 8.83. The smallest absolute Gasteiger partial charge is 0.409 e. The number of carboxylic acid groups (broad SMARTS) is 1. The zero-order valence-electron chi connectivity index (χ0n) is 18.5. The summed E-state index contributed by atoms with van der Waals surface area (Å²) in [6.07, 6.45) is 4.76. The van der Waals surface area contributed by atoms with E-state index in [-0.39, 0.29) is 19.4 Å². The molecule has 3 rings (SSSR count). The number of aromatic amines is 1. The highest BCUT2D eigenvalue weighted by Crippen LogP contribution is 2.17. The summed E-state index contributed by atoms with van der Waals surface area (Å²) < 4.78 is 5.19. The Morgan fingerprint density at radius 2 is 2.00 bits per heavy atom. The lowest BCUT2D eigenvalue weighted by Gasteiger charge is -2.31. The van der Waals surface area contributed by atoms with Crippen molar-refractivity contribution >= 4 is 30.1 Å². The number of hydrogen-bond acceptors (Lipinski definition) is 8. The van der Waals surface area contributed by atoms with E-state index in [1.165, 1.54) is 6.21 Å². The number of amides is 2. The number of anilines is 1. The molecule has 0 radical (unpaired) electrons. The summed E-state index contributed by atoms with van der Waals surface area (Å²) in [5.74, 6) is -1.46. The van der Waals surface area contributed by atoms with Gasteiger partial charge in [-0.1, -0.05) is 41.9 Å². The van der Waals surface area contributed by atoms with Crippen LogP contribution >= 0.6 is 0 Å². The number of carboxylic acids is 1. The van der Waals surface area contributed by atoms with Crippen molar-refractivity contribution in [2.24, 2.45) is 5.16 Å². The summed E-state index contributed by atoms with van der Waals surface area (Å²) >= 11 is 0. The number of unbranched alkanes of at least 4 members (excludes halogenated alkanes) is 2. The van der Waals surface area contributed by atoms with Gasteiger partial charge in [-0.2, -0.15) is 0 Å². The normalized spacial score (nSPS) is 16.2. The highest BCUT2D eigenvalue weighted by Gasteiger charge is 2.43. The standard InChI is InChI=1S/C22H28N6O6/c29-18(17-9-12-26-34-17)27-22(19(30)31,10-5-2-6-11-23-20-24-13-14-25-20)28-21(32)33-15-16-7-3-1-4-8-16/h1,3-4,7-8,12-14,17H,2,5-6,9-11,15H2,(H,27,29)(H,28,32)(H,30,31)(H2,23,24,25). The Morgan fingerprint density at radius 1 is 1.18 bits per heavy atom. The summed E-state index contributed by atoms with van der Waals surface area (Å²) in [7, 11) is 0. The van der Waals surface area contributed by atoms with Gasteiger partial charge < -0.3 is 30.3 Å². The van der Waals surface area contributed by atoms with Gasteiger partial charge in [0.1, 0.15) is 6.61 Å². The zero-order valence-corrected chi connectivity index (χ0v) is 18.5. The van der Waals surface area contributed by atoms with E-state index in [9.17, 15) is 19.5 Å². The van der Waals surface area contributed by atoms with Gasteiger partial charge in [0.2, 0.25) is 11.8 Å². The number of rotatable bonds is 13. The Labute approximate surface area is 196 Å². The van der Waals surface area contributed by atoms with Crippen molar-refractivity contribution in [3.63, 3.8) is 0 Å². The third-order valence-corrected chi connectivity index (χ3v) is 5.12. The van der Waals surface area contributed by atoms with E-state index in [0.717, 1.165) is 12.0 Å². The molecule has 2 aromatic rings. The summed E-state index contributed by atoms with van der Waals surface area (Å²) in [5, 5.41) is 21.4. The number of nitrogens with one attached hydrogen (secondary N) is 4. The van der Waals surface area contributed by atoms with Crippen LogP contribution in [-0.4, -0.2) is 57.6 Å². The van der Waals surface area contributed by atoms with Crippen LogP contribution in [0.2, 0.25) is 0 Å². The maximum Gasteiger partial charge on any atom is 0.409 e. The topological polar surface area (TPSA) is 167 Å². The molecule has 2 heterocycles. The quantitative estimate of drug-likeness (QED) is 0.218. The molecule has 0 fully saturated rings. The maximum absolute atomic E-state index is 12.6. The third-order valence-electron chi connectivity index (χ3n) is 5.12. The molecule has 5 N–H and O–H groups in total. The molecular formula is C22H28N6O6. The van der Waals surface area contributed by atoms with Gasteiger partial charge in [-0.15, -0.1) is 0 Å². The van der Waals surface area contributed by atoms with Gasteiger partial charge >= 0.3 is 12.1 Å². The second-order valence-electron chi connectivity index (χ2n) is 7.68. The molecule has 12 heteroatoms. The maximum atomic E-state index is 12.6. The minimum absolute atomic E-state index is 0.0473. The molecule has 2 amide bonds. The van der Waals surface area contributed by atoms with Crippen molar-refractivity contribution in [3.05, 3.63) is 48.3 Å². The SMILES string of the molecule is O=C(NC(CCCCCNc1ncc[nH]1)(NC(=O)C1CC=NO1)C(=O)O)OCc1ccccc1. The number of benzene rings is 1. The first kappa shape index (κ1) is 24.6. The largest absolute Gasteiger partial charge is 0.478 e. The first-order chi connectivity index (χ1) is 16.5. The van der Waals surface area contributed by atoms with Crippen LogP contribution in [0.1, 0.15) is 37.7 Å². The number of carbonyl (C=O) groups is 3. The summed E-state index contributed by atoms with van der Waals surface area (Å²) in [6.45, 7) is 0.577. The molecule has 0 saturated heterocycles. The van der Waals surface area contributed by atoms with Gasteiger partial charge in [0.05, 0.1) is 0 Å². The number of imidazole rings is 1. The van der Waals surface area contributed by atoms with Crippen molar-refractivity contribution in [2.45, 2.75) is 50.5 Å². The lowest BCUT2D eigenvalue weighted by Crippen LogP contribution is -2.66. The molecule has 12 nitrogen and oxygen atoms in total. The fourth-order valence-corrected chi connectivity index (χ4v) is 3.31. The number of hydrogen-bond donors (Lipinski definition) is 5. The van der Waals surface area contributed by atoms with Crippen molar-refractivity contribution < 1.29 is 29.1 Å². The zero-order chi connectivity index (χ0) is 24.2. The summed E-state index contributed by atoms with van der Waals surface area (Å²) in [4.78, 5) is 49.3. The minimum Gasteiger partial charge on any atom is -0.478 e. The van der Waals surface area contributed by atoms with Crippen molar-refractivity contribution in [1.29, 1.82) is 0 Å². The second-order valence-corrected chi connectivity index (χ2v) is 7.68. The van der Waals surface area contributed by atoms with Crippen LogP contribution in [0, 0.1) is 0 Å². The van der Waals surface area contributed by atoms with E-state index in [0.29, 0.717) is 25.3 Å². The summed E-state index contributed by atoms with van der Waals surface area (Å²) in [5.41, 5.74) is -1.33.